The SMILES string of the molecule is Cc1cc(Nc2cc(Cl)c(F)c(Cl)c2)nc(NN)n1. The number of rotatable bonds is 3. The van der Waals surface area contributed by atoms with E-state index in [1.807, 2.05) is 0 Å². The van der Waals surface area contributed by atoms with E-state index in [1.165, 1.54) is 12.1 Å². The fourth-order valence-electron chi connectivity index (χ4n) is 1.47. The van der Waals surface area contributed by atoms with Crippen molar-refractivity contribution in [3.8, 4) is 0 Å². The second-order valence-electron chi connectivity index (χ2n) is 3.74. The van der Waals surface area contributed by atoms with E-state index in [9.17, 15) is 4.39 Å². The van der Waals surface area contributed by atoms with Crippen molar-refractivity contribution in [1.82, 2.24) is 9.97 Å². The second kappa shape index (κ2) is 5.56. The fourth-order valence-corrected chi connectivity index (χ4v) is 1.96. The van der Waals surface area contributed by atoms with Crippen LogP contribution in [0.2, 0.25) is 10.0 Å². The van der Waals surface area contributed by atoms with Crippen LogP contribution in [0.4, 0.5) is 21.8 Å². The van der Waals surface area contributed by atoms with Crippen LogP contribution in [0.1, 0.15) is 5.69 Å². The molecular formula is C11H10Cl2FN5. The molecule has 8 heteroatoms. The van der Waals surface area contributed by atoms with E-state index in [0.717, 1.165) is 0 Å². The summed E-state index contributed by atoms with van der Waals surface area (Å²) in [6.45, 7) is 1.79. The number of benzene rings is 1. The average molecular weight is 302 g/mol. The molecule has 0 amide bonds. The molecule has 0 unspecified atom stereocenters. The zero-order valence-corrected chi connectivity index (χ0v) is 11.3. The fraction of sp³-hybridized carbons (Fsp3) is 0.0909. The summed E-state index contributed by atoms with van der Waals surface area (Å²) in [6, 6.07) is 4.53. The molecule has 0 aliphatic rings. The number of aromatic nitrogens is 2. The Hall–Kier alpha value is -1.63. The van der Waals surface area contributed by atoms with Crippen LogP contribution in [0.3, 0.4) is 0 Å². The Balaban J connectivity index is 2.33. The van der Waals surface area contributed by atoms with Crippen molar-refractivity contribution in [2.45, 2.75) is 6.92 Å². The van der Waals surface area contributed by atoms with Gasteiger partial charge in [0.25, 0.3) is 0 Å². The smallest absolute Gasteiger partial charge is 0.239 e. The van der Waals surface area contributed by atoms with Crippen molar-refractivity contribution in [1.29, 1.82) is 0 Å². The molecular weight excluding hydrogens is 292 g/mol. The van der Waals surface area contributed by atoms with Gasteiger partial charge in [-0.1, -0.05) is 23.2 Å². The van der Waals surface area contributed by atoms with Gasteiger partial charge < -0.3 is 5.32 Å². The molecule has 0 aliphatic heterocycles. The Morgan fingerprint density at radius 3 is 2.37 bits per heavy atom. The number of nitrogens with one attached hydrogen (secondary N) is 2. The second-order valence-corrected chi connectivity index (χ2v) is 4.56. The lowest BCUT2D eigenvalue weighted by molar-refractivity contribution is 0.629. The number of anilines is 3. The molecule has 2 aromatic rings. The first kappa shape index (κ1) is 13.8. The monoisotopic (exact) mass is 301 g/mol. The molecule has 0 saturated heterocycles. The molecule has 1 heterocycles. The molecule has 0 radical (unpaired) electrons. The topological polar surface area (TPSA) is 75.9 Å². The van der Waals surface area contributed by atoms with Crippen LogP contribution in [0.15, 0.2) is 18.2 Å². The molecule has 0 spiro atoms. The van der Waals surface area contributed by atoms with E-state index in [2.05, 4.69) is 20.7 Å². The summed E-state index contributed by atoms with van der Waals surface area (Å²) in [7, 11) is 0. The molecule has 0 aliphatic carbocycles. The molecule has 1 aromatic heterocycles. The van der Waals surface area contributed by atoms with Gasteiger partial charge in [0.1, 0.15) is 5.82 Å². The zero-order chi connectivity index (χ0) is 14.0. The third-order valence-electron chi connectivity index (χ3n) is 2.24. The highest BCUT2D eigenvalue weighted by Crippen LogP contribution is 2.28. The molecule has 4 N–H and O–H groups in total. The number of aryl methyl sites for hydroxylation is 1. The van der Waals surface area contributed by atoms with E-state index in [-0.39, 0.29) is 16.0 Å². The minimum atomic E-state index is -0.655. The molecule has 2 rings (SSSR count). The van der Waals surface area contributed by atoms with Gasteiger partial charge in [-0.15, -0.1) is 0 Å². The summed E-state index contributed by atoms with van der Waals surface area (Å²) in [5.74, 6) is 5.35. The maximum absolute atomic E-state index is 13.3. The Morgan fingerprint density at radius 1 is 1.16 bits per heavy atom. The predicted octanol–water partition coefficient (Wildman–Crippen LogP) is 3.26. The lowest BCUT2D eigenvalue weighted by atomic mass is 10.3. The number of hydrazine groups is 1. The van der Waals surface area contributed by atoms with Gasteiger partial charge in [0.2, 0.25) is 5.95 Å². The van der Waals surface area contributed by atoms with Gasteiger partial charge in [-0.3, -0.25) is 5.43 Å². The standard InChI is InChI=1S/C11H10Cl2FN5/c1-5-2-9(18-11(16-5)19-15)17-6-3-7(12)10(14)8(13)4-6/h2-4H,15H2,1H3,(H2,16,17,18,19). The van der Waals surface area contributed by atoms with E-state index < -0.39 is 5.82 Å². The van der Waals surface area contributed by atoms with Gasteiger partial charge in [-0.05, 0) is 19.1 Å². The first-order valence-electron chi connectivity index (χ1n) is 5.23. The highest BCUT2D eigenvalue weighted by atomic mass is 35.5. The van der Waals surface area contributed by atoms with Crippen LogP contribution < -0.4 is 16.6 Å². The number of hydrogen-bond donors (Lipinski definition) is 3. The highest BCUT2D eigenvalue weighted by molar-refractivity contribution is 6.35. The predicted molar refractivity (Wildman–Crippen MR) is 74.3 cm³/mol. The van der Waals surface area contributed by atoms with Crippen LogP contribution in [-0.2, 0) is 0 Å². The van der Waals surface area contributed by atoms with Gasteiger partial charge >= 0.3 is 0 Å². The largest absolute Gasteiger partial charge is 0.340 e. The maximum atomic E-state index is 13.3. The van der Waals surface area contributed by atoms with Gasteiger partial charge in [0, 0.05) is 17.4 Å². The third-order valence-corrected chi connectivity index (χ3v) is 2.79. The van der Waals surface area contributed by atoms with Crippen LogP contribution in [0, 0.1) is 12.7 Å². The van der Waals surface area contributed by atoms with Crippen LogP contribution in [0.25, 0.3) is 0 Å². The third kappa shape index (κ3) is 3.23. The molecule has 19 heavy (non-hydrogen) atoms. The molecule has 0 atom stereocenters. The Bertz CT molecular complexity index is 597. The molecule has 0 fully saturated rings. The van der Waals surface area contributed by atoms with Crippen molar-refractivity contribution in [2.75, 3.05) is 10.7 Å². The first-order chi connectivity index (χ1) is 8.99. The Labute approximate surface area is 118 Å². The Morgan fingerprint density at radius 2 is 1.79 bits per heavy atom. The zero-order valence-electron chi connectivity index (χ0n) is 9.84. The minimum absolute atomic E-state index is 0.0713. The molecule has 0 saturated carbocycles. The minimum Gasteiger partial charge on any atom is -0.340 e. The Kier molecular flexibility index (Phi) is 4.04. The molecule has 100 valence electrons. The summed E-state index contributed by atoms with van der Waals surface area (Å²) in [4.78, 5) is 8.13. The highest BCUT2D eigenvalue weighted by Gasteiger charge is 2.08. The van der Waals surface area contributed by atoms with Crippen LogP contribution >= 0.6 is 23.2 Å². The maximum Gasteiger partial charge on any atom is 0.239 e. The van der Waals surface area contributed by atoms with E-state index in [1.54, 1.807) is 13.0 Å². The lowest BCUT2D eigenvalue weighted by Gasteiger charge is -2.09. The number of nitrogen functional groups attached to an aromatic ring is 1. The van der Waals surface area contributed by atoms with E-state index in [4.69, 9.17) is 29.0 Å². The van der Waals surface area contributed by atoms with Crippen molar-refractivity contribution in [2.24, 2.45) is 5.84 Å². The normalized spacial score (nSPS) is 10.4. The first-order valence-corrected chi connectivity index (χ1v) is 5.99. The number of nitrogens with zero attached hydrogens (tertiary/aromatic N) is 2. The van der Waals surface area contributed by atoms with E-state index in [0.29, 0.717) is 17.2 Å². The van der Waals surface area contributed by atoms with Crippen LogP contribution in [-0.4, -0.2) is 9.97 Å². The lowest BCUT2D eigenvalue weighted by Crippen LogP contribution is -2.11. The summed E-state index contributed by atoms with van der Waals surface area (Å²) in [5.41, 5.74) is 3.58. The van der Waals surface area contributed by atoms with Gasteiger partial charge in [-0.25, -0.2) is 15.2 Å². The van der Waals surface area contributed by atoms with Gasteiger partial charge in [0.15, 0.2) is 5.82 Å². The summed E-state index contributed by atoms with van der Waals surface area (Å²) in [5, 5.41) is 2.80. The molecule has 5 nitrogen and oxygen atoms in total. The molecule has 0 bridgehead atoms. The van der Waals surface area contributed by atoms with Gasteiger partial charge in [0.05, 0.1) is 10.0 Å². The average Bonchev–Trinajstić information content (AvgIpc) is 2.35. The van der Waals surface area contributed by atoms with Crippen molar-refractivity contribution in [3.63, 3.8) is 0 Å². The van der Waals surface area contributed by atoms with Crippen molar-refractivity contribution < 1.29 is 4.39 Å². The summed E-state index contributed by atoms with van der Waals surface area (Å²) < 4.78 is 13.3. The number of halogens is 3. The van der Waals surface area contributed by atoms with E-state index >= 15 is 0 Å². The number of hydrogen-bond acceptors (Lipinski definition) is 5. The number of nitrogens with two attached hydrogens (primary N) is 1. The molecule has 1 aromatic carbocycles. The van der Waals surface area contributed by atoms with Gasteiger partial charge in [-0.2, -0.15) is 4.98 Å². The summed E-state index contributed by atoms with van der Waals surface area (Å²) in [6.07, 6.45) is 0. The quantitative estimate of drug-likeness (QED) is 0.461. The van der Waals surface area contributed by atoms with Crippen LogP contribution in [0.5, 0.6) is 0 Å². The van der Waals surface area contributed by atoms with Crippen molar-refractivity contribution in [3.05, 3.63) is 39.8 Å². The van der Waals surface area contributed by atoms with Crippen molar-refractivity contribution >= 4 is 40.7 Å². The summed E-state index contributed by atoms with van der Waals surface area (Å²) >= 11 is 11.4.